The molecule has 3 rings (SSSR count). The maximum absolute atomic E-state index is 13.6. The lowest BCUT2D eigenvalue weighted by Gasteiger charge is -2.13. The largest absolute Gasteiger partial charge is 0.425 e. The van der Waals surface area contributed by atoms with E-state index < -0.39 is 5.82 Å². The Balaban J connectivity index is 1.53. The molecule has 0 radical (unpaired) electrons. The topological polar surface area (TPSA) is 80.9 Å². The SMILES string of the molecule is CCc1nnc(C[C@@H]2CC[C@H](NC(=O)c3ccncc3F)C2)o1. The summed E-state index contributed by atoms with van der Waals surface area (Å²) in [7, 11) is 0. The van der Waals surface area contributed by atoms with Crippen molar-refractivity contribution in [3.05, 3.63) is 41.6 Å². The van der Waals surface area contributed by atoms with Gasteiger partial charge in [-0.1, -0.05) is 6.92 Å². The highest BCUT2D eigenvalue weighted by Gasteiger charge is 2.28. The Bertz CT molecular complexity index is 688. The molecule has 0 unspecified atom stereocenters. The molecule has 2 aromatic rings. The molecule has 7 heteroatoms. The average molecular weight is 318 g/mol. The van der Waals surface area contributed by atoms with Gasteiger partial charge in [-0.25, -0.2) is 4.39 Å². The van der Waals surface area contributed by atoms with Gasteiger partial charge in [0, 0.05) is 25.1 Å². The number of hydrogen-bond acceptors (Lipinski definition) is 5. The molecule has 0 aromatic carbocycles. The normalized spacial score (nSPS) is 20.6. The summed E-state index contributed by atoms with van der Waals surface area (Å²) >= 11 is 0. The molecule has 23 heavy (non-hydrogen) atoms. The summed E-state index contributed by atoms with van der Waals surface area (Å²) in [6.07, 6.45) is 6.61. The molecular formula is C16H19FN4O2. The van der Waals surface area contributed by atoms with Gasteiger partial charge in [-0.2, -0.15) is 0 Å². The van der Waals surface area contributed by atoms with Crippen LogP contribution < -0.4 is 5.32 Å². The number of nitrogens with zero attached hydrogens (tertiary/aromatic N) is 3. The van der Waals surface area contributed by atoms with Crippen LogP contribution in [0.1, 0.15) is 48.3 Å². The van der Waals surface area contributed by atoms with Gasteiger partial charge in [0.1, 0.15) is 0 Å². The highest BCUT2D eigenvalue weighted by molar-refractivity contribution is 5.94. The minimum atomic E-state index is -0.600. The van der Waals surface area contributed by atoms with Gasteiger partial charge in [0.15, 0.2) is 5.82 Å². The molecule has 0 aliphatic heterocycles. The molecule has 1 N–H and O–H groups in total. The number of nitrogens with one attached hydrogen (secondary N) is 1. The van der Waals surface area contributed by atoms with Crippen LogP contribution >= 0.6 is 0 Å². The number of hydrogen-bond donors (Lipinski definition) is 1. The van der Waals surface area contributed by atoms with Gasteiger partial charge in [-0.3, -0.25) is 9.78 Å². The van der Waals surface area contributed by atoms with Crippen molar-refractivity contribution in [2.75, 3.05) is 0 Å². The van der Waals surface area contributed by atoms with Crippen LogP contribution in [0.3, 0.4) is 0 Å². The summed E-state index contributed by atoms with van der Waals surface area (Å²) in [6, 6.07) is 1.44. The number of amides is 1. The van der Waals surface area contributed by atoms with Gasteiger partial charge in [-0.15, -0.1) is 10.2 Å². The van der Waals surface area contributed by atoms with Gasteiger partial charge in [0.2, 0.25) is 11.8 Å². The molecule has 0 bridgehead atoms. The van der Waals surface area contributed by atoms with E-state index in [4.69, 9.17) is 4.42 Å². The first-order valence-corrected chi connectivity index (χ1v) is 7.87. The third-order valence-electron chi connectivity index (χ3n) is 4.17. The second-order valence-electron chi connectivity index (χ2n) is 5.85. The first-order chi connectivity index (χ1) is 11.2. The molecule has 122 valence electrons. The van der Waals surface area contributed by atoms with Crippen molar-refractivity contribution in [2.45, 2.75) is 45.1 Å². The number of pyridine rings is 1. The van der Waals surface area contributed by atoms with Crippen LogP contribution in [0.15, 0.2) is 22.9 Å². The first kappa shape index (κ1) is 15.6. The molecule has 2 heterocycles. The Morgan fingerprint density at radius 2 is 2.22 bits per heavy atom. The van der Waals surface area contributed by atoms with Gasteiger partial charge < -0.3 is 9.73 Å². The predicted molar refractivity (Wildman–Crippen MR) is 80.2 cm³/mol. The lowest BCUT2D eigenvalue weighted by Crippen LogP contribution is -2.33. The average Bonchev–Trinajstić information content (AvgIpc) is 3.17. The zero-order valence-corrected chi connectivity index (χ0v) is 13.0. The maximum atomic E-state index is 13.6. The molecular weight excluding hydrogens is 299 g/mol. The zero-order valence-electron chi connectivity index (χ0n) is 13.0. The van der Waals surface area contributed by atoms with Crippen molar-refractivity contribution in [3.63, 3.8) is 0 Å². The number of halogens is 1. The van der Waals surface area contributed by atoms with E-state index in [1.54, 1.807) is 0 Å². The molecule has 0 saturated heterocycles. The lowest BCUT2D eigenvalue weighted by molar-refractivity contribution is 0.0933. The molecule has 1 aliphatic rings. The summed E-state index contributed by atoms with van der Waals surface area (Å²) in [6.45, 7) is 1.97. The highest BCUT2D eigenvalue weighted by atomic mass is 19.1. The van der Waals surface area contributed by atoms with Crippen molar-refractivity contribution in [1.29, 1.82) is 0 Å². The lowest BCUT2D eigenvalue weighted by atomic mass is 10.0. The third kappa shape index (κ3) is 3.72. The molecule has 6 nitrogen and oxygen atoms in total. The molecule has 2 aromatic heterocycles. The van der Waals surface area contributed by atoms with Crippen LogP contribution in [-0.2, 0) is 12.8 Å². The van der Waals surface area contributed by atoms with Crippen molar-refractivity contribution in [1.82, 2.24) is 20.5 Å². The van der Waals surface area contributed by atoms with Crippen LogP contribution in [0.2, 0.25) is 0 Å². The number of aromatic nitrogens is 3. The van der Waals surface area contributed by atoms with Crippen molar-refractivity contribution in [2.24, 2.45) is 5.92 Å². The Labute approximate surface area is 133 Å². The van der Waals surface area contributed by atoms with Gasteiger partial charge in [-0.05, 0) is 31.2 Å². The minimum Gasteiger partial charge on any atom is -0.425 e. The molecule has 2 atom stereocenters. The van der Waals surface area contributed by atoms with Crippen LogP contribution in [-0.4, -0.2) is 27.1 Å². The van der Waals surface area contributed by atoms with E-state index in [0.29, 0.717) is 17.7 Å². The fraction of sp³-hybridized carbons (Fsp3) is 0.500. The van der Waals surface area contributed by atoms with Crippen LogP contribution in [0.5, 0.6) is 0 Å². The standard InChI is InChI=1S/C16H19FN4O2/c1-2-14-20-21-15(23-14)8-10-3-4-11(7-10)19-16(22)12-5-6-18-9-13(12)17/h5-6,9-11H,2-4,7-8H2,1H3,(H,19,22)/t10-,11+/m1/s1. The zero-order chi connectivity index (χ0) is 16.2. The van der Waals surface area contributed by atoms with Crippen molar-refractivity contribution in [3.8, 4) is 0 Å². The second kappa shape index (κ2) is 6.85. The van der Waals surface area contributed by atoms with Crippen molar-refractivity contribution < 1.29 is 13.6 Å². The van der Waals surface area contributed by atoms with E-state index in [9.17, 15) is 9.18 Å². The van der Waals surface area contributed by atoms with Gasteiger partial charge in [0.25, 0.3) is 5.91 Å². The number of rotatable bonds is 5. The van der Waals surface area contributed by atoms with Crippen molar-refractivity contribution >= 4 is 5.91 Å². The quantitative estimate of drug-likeness (QED) is 0.915. The molecule has 0 spiro atoms. The third-order valence-corrected chi connectivity index (χ3v) is 4.17. The molecule has 1 fully saturated rings. The van der Waals surface area contributed by atoms with E-state index >= 15 is 0 Å². The van der Waals surface area contributed by atoms with Crippen LogP contribution in [0.25, 0.3) is 0 Å². The van der Waals surface area contributed by atoms with Gasteiger partial charge in [0.05, 0.1) is 11.8 Å². The number of carbonyl (C=O) groups is 1. The fourth-order valence-electron chi connectivity index (χ4n) is 2.97. The summed E-state index contributed by atoms with van der Waals surface area (Å²) in [5, 5.41) is 10.9. The highest BCUT2D eigenvalue weighted by Crippen LogP contribution is 2.28. The molecule has 1 amide bonds. The predicted octanol–water partition coefficient (Wildman–Crippen LogP) is 2.31. The Kier molecular flexibility index (Phi) is 4.64. The van der Waals surface area contributed by atoms with Crippen LogP contribution in [0.4, 0.5) is 4.39 Å². The van der Waals surface area contributed by atoms with E-state index in [1.807, 2.05) is 6.92 Å². The first-order valence-electron chi connectivity index (χ1n) is 7.87. The Hall–Kier alpha value is -2.31. The summed E-state index contributed by atoms with van der Waals surface area (Å²) in [5.74, 6) is 0.710. The fourth-order valence-corrected chi connectivity index (χ4v) is 2.97. The molecule has 1 aliphatic carbocycles. The Morgan fingerprint density at radius 3 is 2.96 bits per heavy atom. The molecule has 1 saturated carbocycles. The van der Waals surface area contributed by atoms with Crippen LogP contribution in [0, 0.1) is 11.7 Å². The van der Waals surface area contributed by atoms with E-state index in [1.165, 1.54) is 12.3 Å². The second-order valence-corrected chi connectivity index (χ2v) is 5.85. The number of carbonyl (C=O) groups excluding carboxylic acids is 1. The number of aryl methyl sites for hydroxylation is 1. The smallest absolute Gasteiger partial charge is 0.254 e. The van der Waals surface area contributed by atoms with E-state index in [0.717, 1.165) is 38.3 Å². The van der Waals surface area contributed by atoms with Gasteiger partial charge >= 0.3 is 0 Å². The summed E-state index contributed by atoms with van der Waals surface area (Å²) in [5.41, 5.74) is 0.0351. The van der Waals surface area contributed by atoms with E-state index in [-0.39, 0.29) is 17.5 Å². The van der Waals surface area contributed by atoms with E-state index in [2.05, 4.69) is 20.5 Å². The minimum absolute atomic E-state index is 0.0351. The summed E-state index contributed by atoms with van der Waals surface area (Å²) in [4.78, 5) is 15.8. The Morgan fingerprint density at radius 1 is 1.39 bits per heavy atom. The monoisotopic (exact) mass is 318 g/mol. The summed E-state index contributed by atoms with van der Waals surface area (Å²) < 4.78 is 19.1. The maximum Gasteiger partial charge on any atom is 0.254 e.